The normalized spacial score (nSPS) is 12.5. The maximum absolute atomic E-state index is 10.5. The zero-order chi connectivity index (χ0) is 10.7. The Morgan fingerprint density at radius 2 is 2.29 bits per heavy atom. The Hall–Kier alpha value is -1.53. The Kier molecular flexibility index (Phi) is 3.10. The van der Waals surface area contributed by atoms with Crippen LogP contribution in [-0.4, -0.2) is 16.5 Å². The van der Waals surface area contributed by atoms with Crippen molar-refractivity contribution in [3.05, 3.63) is 33.6 Å². The lowest BCUT2D eigenvalue weighted by atomic mass is 10.2. The van der Waals surface area contributed by atoms with E-state index < -0.39 is 4.92 Å². The second kappa shape index (κ2) is 4.12. The maximum atomic E-state index is 10.5. The van der Waals surface area contributed by atoms with Gasteiger partial charge in [-0.25, -0.2) is 4.98 Å². The van der Waals surface area contributed by atoms with E-state index in [0.717, 1.165) is 0 Å². The molecule has 14 heavy (non-hydrogen) atoms. The third-order valence-corrected chi connectivity index (χ3v) is 1.91. The first-order chi connectivity index (χ1) is 6.56. The zero-order valence-electron chi connectivity index (χ0n) is 7.80. The molecule has 0 saturated carbocycles. The molecule has 1 heterocycles. The van der Waals surface area contributed by atoms with Crippen LogP contribution in [0.15, 0.2) is 12.1 Å². The highest BCUT2D eigenvalue weighted by molar-refractivity contribution is 5.35. The third kappa shape index (κ3) is 2.04. The predicted molar refractivity (Wildman–Crippen MR) is 51.6 cm³/mol. The van der Waals surface area contributed by atoms with Crippen molar-refractivity contribution in [2.75, 3.05) is 6.54 Å². The topological polar surface area (TPSA) is 108 Å². The van der Waals surface area contributed by atoms with E-state index in [1.54, 1.807) is 6.92 Å². The first-order valence-corrected chi connectivity index (χ1v) is 4.14. The number of nitro groups is 1. The van der Waals surface area contributed by atoms with Crippen molar-refractivity contribution < 1.29 is 4.92 Å². The average Bonchev–Trinajstić information content (AvgIpc) is 2.15. The van der Waals surface area contributed by atoms with Crippen molar-refractivity contribution in [3.63, 3.8) is 0 Å². The molecule has 6 nitrogen and oxygen atoms in total. The van der Waals surface area contributed by atoms with E-state index in [9.17, 15) is 10.1 Å². The second-order valence-corrected chi connectivity index (χ2v) is 2.94. The average molecular weight is 196 g/mol. The Morgan fingerprint density at radius 3 is 2.71 bits per heavy atom. The molecule has 1 unspecified atom stereocenters. The largest absolute Gasteiger partial charge is 0.329 e. The van der Waals surface area contributed by atoms with E-state index in [1.807, 2.05) is 0 Å². The predicted octanol–water partition coefficient (Wildman–Crippen LogP) is 0.257. The molecule has 0 spiro atoms. The lowest BCUT2D eigenvalue weighted by Crippen LogP contribution is -2.22. The molecule has 0 amide bonds. The number of pyridine rings is 1. The Balaban J connectivity index is 3.06. The fourth-order valence-electron chi connectivity index (χ4n) is 1.09. The quantitative estimate of drug-likeness (QED) is 0.532. The number of nitrogens with two attached hydrogens (primary N) is 2. The summed E-state index contributed by atoms with van der Waals surface area (Å²) in [4.78, 5) is 14.0. The van der Waals surface area contributed by atoms with Crippen LogP contribution in [0.25, 0.3) is 0 Å². The molecular formula is C8H12N4O2. The molecule has 0 aromatic carbocycles. The molecule has 76 valence electrons. The molecular weight excluding hydrogens is 184 g/mol. The highest BCUT2D eigenvalue weighted by Crippen LogP contribution is 2.17. The smallest absolute Gasteiger partial charge is 0.290 e. The van der Waals surface area contributed by atoms with Crippen molar-refractivity contribution >= 4 is 5.69 Å². The summed E-state index contributed by atoms with van der Waals surface area (Å²) in [6.07, 6.45) is 0. The van der Waals surface area contributed by atoms with Gasteiger partial charge < -0.3 is 11.5 Å². The zero-order valence-corrected chi connectivity index (χ0v) is 7.80. The molecule has 0 fully saturated rings. The van der Waals surface area contributed by atoms with Gasteiger partial charge >= 0.3 is 0 Å². The fraction of sp³-hybridized carbons (Fsp3) is 0.375. The summed E-state index contributed by atoms with van der Waals surface area (Å²) in [7, 11) is 0. The van der Waals surface area contributed by atoms with Crippen molar-refractivity contribution in [1.82, 2.24) is 4.98 Å². The third-order valence-electron chi connectivity index (χ3n) is 1.91. The number of nitrogens with zero attached hydrogens (tertiary/aromatic N) is 2. The van der Waals surface area contributed by atoms with Gasteiger partial charge in [-0.1, -0.05) is 0 Å². The molecule has 0 saturated heterocycles. The van der Waals surface area contributed by atoms with Crippen LogP contribution in [0.5, 0.6) is 0 Å². The molecule has 4 N–H and O–H groups in total. The van der Waals surface area contributed by atoms with Crippen LogP contribution >= 0.6 is 0 Å². The summed E-state index contributed by atoms with van der Waals surface area (Å²) in [6, 6.07) is 2.56. The standard InChI is InChI=1S/C8H12N4O2/c1-5-8(12(13)14)3-2-7(11-5)6(10)4-9/h2-3,6H,4,9-10H2,1H3. The Morgan fingerprint density at radius 1 is 1.64 bits per heavy atom. The lowest BCUT2D eigenvalue weighted by molar-refractivity contribution is -0.385. The highest BCUT2D eigenvalue weighted by atomic mass is 16.6. The Bertz CT molecular complexity index is 353. The SMILES string of the molecule is Cc1nc(C(N)CN)ccc1[N+](=O)[O-]. The molecule has 0 aliphatic heterocycles. The van der Waals surface area contributed by atoms with E-state index in [1.165, 1.54) is 12.1 Å². The van der Waals surface area contributed by atoms with E-state index >= 15 is 0 Å². The number of hydrogen-bond donors (Lipinski definition) is 2. The number of hydrogen-bond acceptors (Lipinski definition) is 5. The van der Waals surface area contributed by atoms with Crippen LogP contribution < -0.4 is 11.5 Å². The van der Waals surface area contributed by atoms with Gasteiger partial charge in [0.25, 0.3) is 5.69 Å². The first-order valence-electron chi connectivity index (χ1n) is 4.14. The molecule has 1 aromatic rings. The summed E-state index contributed by atoms with van der Waals surface area (Å²) in [6.45, 7) is 1.84. The van der Waals surface area contributed by atoms with Gasteiger partial charge in [-0.15, -0.1) is 0 Å². The van der Waals surface area contributed by atoms with Gasteiger partial charge in [0, 0.05) is 12.6 Å². The molecule has 0 aliphatic carbocycles. The molecule has 1 atom stereocenters. The molecule has 0 bridgehead atoms. The van der Waals surface area contributed by atoms with Crippen molar-refractivity contribution in [1.29, 1.82) is 0 Å². The van der Waals surface area contributed by atoms with Crippen molar-refractivity contribution in [2.24, 2.45) is 11.5 Å². The van der Waals surface area contributed by atoms with Gasteiger partial charge in [-0.3, -0.25) is 10.1 Å². The van der Waals surface area contributed by atoms with Crippen molar-refractivity contribution in [3.8, 4) is 0 Å². The molecule has 0 aliphatic rings. The molecule has 0 radical (unpaired) electrons. The summed E-state index contributed by atoms with van der Waals surface area (Å²) >= 11 is 0. The van der Waals surface area contributed by atoms with Crippen molar-refractivity contribution in [2.45, 2.75) is 13.0 Å². The molecule has 1 rings (SSSR count). The van der Waals surface area contributed by atoms with Gasteiger partial charge in [0.1, 0.15) is 5.69 Å². The van der Waals surface area contributed by atoms with Gasteiger partial charge in [0.15, 0.2) is 0 Å². The summed E-state index contributed by atoms with van der Waals surface area (Å²) in [5, 5.41) is 10.5. The maximum Gasteiger partial charge on any atom is 0.290 e. The van der Waals surface area contributed by atoms with Crippen LogP contribution in [0, 0.1) is 17.0 Å². The van der Waals surface area contributed by atoms with Gasteiger partial charge in [0.2, 0.25) is 0 Å². The minimum absolute atomic E-state index is 0.00188. The van der Waals surface area contributed by atoms with Crippen LogP contribution in [0.4, 0.5) is 5.69 Å². The van der Waals surface area contributed by atoms with Crippen LogP contribution in [0.1, 0.15) is 17.4 Å². The summed E-state index contributed by atoms with van der Waals surface area (Å²) in [5.74, 6) is 0. The highest BCUT2D eigenvalue weighted by Gasteiger charge is 2.13. The van der Waals surface area contributed by atoms with Crippen LogP contribution in [0.3, 0.4) is 0 Å². The van der Waals surface area contributed by atoms with E-state index in [2.05, 4.69) is 4.98 Å². The lowest BCUT2D eigenvalue weighted by Gasteiger charge is -2.08. The van der Waals surface area contributed by atoms with E-state index in [-0.39, 0.29) is 18.3 Å². The second-order valence-electron chi connectivity index (χ2n) is 2.94. The van der Waals surface area contributed by atoms with Gasteiger partial charge in [-0.05, 0) is 13.0 Å². The minimum Gasteiger partial charge on any atom is -0.329 e. The first kappa shape index (κ1) is 10.6. The summed E-state index contributed by atoms with van der Waals surface area (Å²) < 4.78 is 0. The monoisotopic (exact) mass is 196 g/mol. The van der Waals surface area contributed by atoms with Gasteiger partial charge in [-0.2, -0.15) is 0 Å². The Labute approximate surface area is 81.1 Å². The number of aryl methyl sites for hydroxylation is 1. The van der Waals surface area contributed by atoms with Crippen LogP contribution in [-0.2, 0) is 0 Å². The minimum atomic E-state index is -0.472. The summed E-state index contributed by atoms with van der Waals surface area (Å²) in [5.41, 5.74) is 11.9. The van der Waals surface area contributed by atoms with E-state index in [0.29, 0.717) is 11.4 Å². The molecule has 1 aromatic heterocycles. The van der Waals surface area contributed by atoms with E-state index in [4.69, 9.17) is 11.5 Å². The number of aromatic nitrogens is 1. The number of rotatable bonds is 3. The molecule has 6 heteroatoms. The van der Waals surface area contributed by atoms with Crippen LogP contribution in [0.2, 0.25) is 0 Å². The fourth-order valence-corrected chi connectivity index (χ4v) is 1.09. The van der Waals surface area contributed by atoms with Gasteiger partial charge in [0.05, 0.1) is 16.7 Å².